The van der Waals surface area contributed by atoms with Gasteiger partial charge in [0.2, 0.25) is 0 Å². The van der Waals surface area contributed by atoms with Crippen molar-refractivity contribution in [3.63, 3.8) is 0 Å². The van der Waals surface area contributed by atoms with Crippen molar-refractivity contribution in [3.05, 3.63) is 69.3 Å². The van der Waals surface area contributed by atoms with Crippen LogP contribution in [-0.2, 0) is 4.79 Å². The third-order valence-electron chi connectivity index (χ3n) is 3.44. The quantitative estimate of drug-likeness (QED) is 0.501. The van der Waals surface area contributed by atoms with Crippen LogP contribution in [-0.4, -0.2) is 23.7 Å². The van der Waals surface area contributed by atoms with E-state index in [0.29, 0.717) is 11.3 Å². The Kier molecular flexibility index (Phi) is 5.62. The molecular formula is C17H17N3O4. The van der Waals surface area contributed by atoms with Crippen LogP contribution in [0, 0.1) is 24.0 Å². The third-order valence-corrected chi connectivity index (χ3v) is 3.44. The maximum atomic E-state index is 11.7. The van der Waals surface area contributed by atoms with Crippen LogP contribution in [0.3, 0.4) is 0 Å². The van der Waals surface area contributed by atoms with Gasteiger partial charge in [-0.15, -0.1) is 0 Å². The number of nitro benzene ring substituents is 1. The summed E-state index contributed by atoms with van der Waals surface area (Å²) in [6.07, 6.45) is 1.23. The first-order valence-corrected chi connectivity index (χ1v) is 7.23. The number of carbonyl (C=O) groups is 1. The molecule has 0 aliphatic heterocycles. The molecule has 7 nitrogen and oxygen atoms in total. The average Bonchev–Trinajstić information content (AvgIpc) is 2.56. The minimum atomic E-state index is -0.507. The number of hydrogen-bond donors (Lipinski definition) is 1. The minimum Gasteiger partial charge on any atom is -0.483 e. The molecule has 2 aromatic carbocycles. The molecule has 0 aliphatic carbocycles. The maximum Gasteiger partial charge on any atom is 0.278 e. The smallest absolute Gasteiger partial charge is 0.278 e. The number of benzene rings is 2. The SMILES string of the molecule is Cc1cccc(OCC(=O)N/N=C\c2ccccc2[N+](=O)[O-])c1C. The van der Waals surface area contributed by atoms with Gasteiger partial charge in [-0.25, -0.2) is 5.43 Å². The van der Waals surface area contributed by atoms with Crippen LogP contribution in [0.15, 0.2) is 47.6 Å². The van der Waals surface area contributed by atoms with Gasteiger partial charge < -0.3 is 4.74 Å². The number of carbonyl (C=O) groups excluding carboxylic acids is 1. The van der Waals surface area contributed by atoms with Crippen molar-refractivity contribution in [1.82, 2.24) is 5.43 Å². The Bertz CT molecular complexity index is 787. The zero-order valence-corrected chi connectivity index (χ0v) is 13.4. The van der Waals surface area contributed by atoms with Gasteiger partial charge in [0.15, 0.2) is 6.61 Å². The van der Waals surface area contributed by atoms with Crippen LogP contribution >= 0.6 is 0 Å². The number of rotatable bonds is 6. The molecular weight excluding hydrogens is 310 g/mol. The number of ether oxygens (including phenoxy) is 1. The molecule has 0 saturated heterocycles. The second kappa shape index (κ2) is 7.87. The van der Waals surface area contributed by atoms with Gasteiger partial charge in [0.05, 0.1) is 16.7 Å². The molecule has 0 spiro atoms. The lowest BCUT2D eigenvalue weighted by Crippen LogP contribution is -2.24. The zero-order valence-electron chi connectivity index (χ0n) is 13.4. The number of para-hydroxylation sites is 1. The normalized spacial score (nSPS) is 10.6. The summed E-state index contributed by atoms with van der Waals surface area (Å²) in [4.78, 5) is 22.1. The highest BCUT2D eigenvalue weighted by atomic mass is 16.6. The first kappa shape index (κ1) is 17.1. The van der Waals surface area contributed by atoms with Crippen LogP contribution < -0.4 is 10.2 Å². The largest absolute Gasteiger partial charge is 0.483 e. The molecule has 0 aliphatic rings. The van der Waals surface area contributed by atoms with E-state index >= 15 is 0 Å². The Balaban J connectivity index is 1.92. The van der Waals surface area contributed by atoms with E-state index in [1.165, 1.54) is 12.3 Å². The van der Waals surface area contributed by atoms with Crippen molar-refractivity contribution in [1.29, 1.82) is 0 Å². The van der Waals surface area contributed by atoms with Gasteiger partial charge in [0, 0.05) is 6.07 Å². The summed E-state index contributed by atoms with van der Waals surface area (Å²) in [5, 5.41) is 14.6. The lowest BCUT2D eigenvalue weighted by atomic mass is 10.1. The van der Waals surface area contributed by atoms with Crippen molar-refractivity contribution >= 4 is 17.8 Å². The number of hydrazone groups is 1. The zero-order chi connectivity index (χ0) is 17.5. The summed E-state index contributed by atoms with van der Waals surface area (Å²) in [6.45, 7) is 3.67. The van der Waals surface area contributed by atoms with Crippen LogP contribution in [0.5, 0.6) is 5.75 Å². The van der Waals surface area contributed by atoms with E-state index in [1.54, 1.807) is 24.3 Å². The summed E-state index contributed by atoms with van der Waals surface area (Å²) in [5.41, 5.74) is 4.55. The van der Waals surface area contributed by atoms with Gasteiger partial charge in [0.1, 0.15) is 5.75 Å². The molecule has 1 amide bonds. The maximum absolute atomic E-state index is 11.7. The van der Waals surface area contributed by atoms with Crippen molar-refractivity contribution < 1.29 is 14.5 Å². The van der Waals surface area contributed by atoms with Gasteiger partial charge in [-0.3, -0.25) is 14.9 Å². The van der Waals surface area contributed by atoms with Crippen molar-refractivity contribution in [2.45, 2.75) is 13.8 Å². The van der Waals surface area contributed by atoms with Crippen molar-refractivity contribution in [3.8, 4) is 5.75 Å². The number of nitrogens with zero attached hydrogens (tertiary/aromatic N) is 2. The Morgan fingerprint density at radius 1 is 1.25 bits per heavy atom. The molecule has 0 heterocycles. The molecule has 0 saturated carbocycles. The molecule has 2 aromatic rings. The monoisotopic (exact) mass is 327 g/mol. The van der Waals surface area contributed by atoms with Gasteiger partial charge in [0.25, 0.3) is 11.6 Å². The van der Waals surface area contributed by atoms with Gasteiger partial charge in [-0.1, -0.05) is 24.3 Å². The summed E-state index contributed by atoms with van der Waals surface area (Å²) >= 11 is 0. The van der Waals surface area contributed by atoms with Crippen LogP contribution in [0.1, 0.15) is 16.7 Å². The second-order valence-electron chi connectivity index (χ2n) is 5.10. The van der Waals surface area contributed by atoms with E-state index in [-0.39, 0.29) is 12.3 Å². The molecule has 0 radical (unpaired) electrons. The number of hydrogen-bond acceptors (Lipinski definition) is 5. The molecule has 2 rings (SSSR count). The molecule has 0 bridgehead atoms. The molecule has 0 aromatic heterocycles. The van der Waals surface area contributed by atoms with Gasteiger partial charge in [-0.2, -0.15) is 5.10 Å². The highest BCUT2D eigenvalue weighted by Crippen LogP contribution is 2.20. The highest BCUT2D eigenvalue weighted by Gasteiger charge is 2.10. The van der Waals surface area contributed by atoms with Gasteiger partial charge >= 0.3 is 0 Å². The Labute approximate surface area is 139 Å². The molecule has 0 fully saturated rings. The molecule has 24 heavy (non-hydrogen) atoms. The van der Waals surface area contributed by atoms with E-state index in [1.807, 2.05) is 26.0 Å². The molecule has 0 unspecified atom stereocenters. The fourth-order valence-corrected chi connectivity index (χ4v) is 1.99. The van der Waals surface area contributed by atoms with Crippen molar-refractivity contribution in [2.75, 3.05) is 6.61 Å². The first-order chi connectivity index (χ1) is 11.5. The third kappa shape index (κ3) is 4.39. The van der Waals surface area contributed by atoms with E-state index in [2.05, 4.69) is 10.5 Å². The topological polar surface area (TPSA) is 93.8 Å². The van der Waals surface area contributed by atoms with Gasteiger partial charge in [-0.05, 0) is 37.1 Å². The summed E-state index contributed by atoms with van der Waals surface area (Å²) < 4.78 is 5.45. The lowest BCUT2D eigenvalue weighted by Gasteiger charge is -2.09. The van der Waals surface area contributed by atoms with Crippen molar-refractivity contribution in [2.24, 2.45) is 5.10 Å². The van der Waals surface area contributed by atoms with Crippen LogP contribution in [0.4, 0.5) is 5.69 Å². The van der Waals surface area contributed by atoms with Crippen LogP contribution in [0.2, 0.25) is 0 Å². The minimum absolute atomic E-state index is 0.0814. The number of aryl methyl sites for hydroxylation is 1. The fourth-order valence-electron chi connectivity index (χ4n) is 1.99. The Morgan fingerprint density at radius 2 is 2.00 bits per heavy atom. The number of nitro groups is 1. The van der Waals surface area contributed by atoms with E-state index in [0.717, 1.165) is 11.1 Å². The first-order valence-electron chi connectivity index (χ1n) is 7.23. The van der Waals surface area contributed by atoms with E-state index < -0.39 is 10.8 Å². The molecule has 124 valence electrons. The van der Waals surface area contributed by atoms with Crippen LogP contribution in [0.25, 0.3) is 0 Å². The highest BCUT2D eigenvalue weighted by molar-refractivity contribution is 5.86. The fraction of sp³-hybridized carbons (Fsp3) is 0.176. The Morgan fingerprint density at radius 3 is 2.75 bits per heavy atom. The predicted molar refractivity (Wildman–Crippen MR) is 90.2 cm³/mol. The van der Waals surface area contributed by atoms with E-state index in [4.69, 9.17) is 4.74 Å². The summed E-state index contributed by atoms with van der Waals surface area (Å²) in [5.74, 6) is 0.179. The lowest BCUT2D eigenvalue weighted by molar-refractivity contribution is -0.385. The summed E-state index contributed by atoms with van der Waals surface area (Å²) in [6, 6.07) is 11.7. The Hall–Kier alpha value is -3.22. The number of nitrogens with one attached hydrogen (secondary N) is 1. The second-order valence-corrected chi connectivity index (χ2v) is 5.10. The predicted octanol–water partition coefficient (Wildman–Crippen LogP) is 2.74. The average molecular weight is 327 g/mol. The summed E-state index contributed by atoms with van der Waals surface area (Å²) in [7, 11) is 0. The van der Waals surface area contributed by atoms with E-state index in [9.17, 15) is 14.9 Å². The molecule has 1 N–H and O–H groups in total. The number of amides is 1. The molecule has 0 atom stereocenters. The standard InChI is InChI=1S/C17H17N3O4/c1-12-6-5-9-16(13(12)2)24-11-17(21)19-18-10-14-7-3-4-8-15(14)20(22)23/h3-10H,11H2,1-2H3,(H,19,21)/b18-10-. The molecule has 7 heteroatoms.